The summed E-state index contributed by atoms with van der Waals surface area (Å²) in [5.74, 6) is -0.0397. The van der Waals surface area contributed by atoms with Crippen molar-refractivity contribution in [1.29, 1.82) is 0 Å². The van der Waals surface area contributed by atoms with E-state index in [1.807, 2.05) is 24.3 Å². The third kappa shape index (κ3) is 2.76. The van der Waals surface area contributed by atoms with Crippen LogP contribution >= 0.6 is 22.9 Å². The van der Waals surface area contributed by atoms with E-state index in [0.29, 0.717) is 46.5 Å². The number of halogens is 1. The number of thiophene rings is 1. The van der Waals surface area contributed by atoms with Crippen LogP contribution in [0.3, 0.4) is 0 Å². The molecular weight excluding hydrogens is 394 g/mol. The Morgan fingerprint density at radius 2 is 1.77 bits per heavy atom. The predicted octanol–water partition coefficient (Wildman–Crippen LogP) is 3.21. The van der Waals surface area contributed by atoms with Gasteiger partial charge in [0.2, 0.25) is 0 Å². The highest BCUT2D eigenvalue weighted by atomic mass is 35.5. The molecule has 0 N–H and O–H groups in total. The lowest BCUT2D eigenvalue weighted by Gasteiger charge is -2.36. The molecule has 1 amide bonds. The lowest BCUT2D eigenvalue weighted by molar-refractivity contribution is 0.0720. The molecule has 2 aliphatic rings. The zero-order valence-corrected chi connectivity index (χ0v) is 16.5. The molecule has 0 spiro atoms. The van der Waals surface area contributed by atoms with Crippen LogP contribution in [0, 0.1) is 0 Å². The standard InChI is InChI=1S/C17H18ClN3O3S2/c1-19-13-4-2-3-5-14(13)21(26(19,23)24)12-8-10-20(11-9-12)17(22)15-6-7-16(18)25-15/h2-7,12H,8-11H2,1H3. The molecule has 1 saturated heterocycles. The molecule has 1 aromatic heterocycles. The minimum absolute atomic E-state index is 0.0397. The van der Waals surface area contributed by atoms with Gasteiger partial charge in [-0.2, -0.15) is 8.42 Å². The van der Waals surface area contributed by atoms with Crippen LogP contribution in [0.1, 0.15) is 22.5 Å². The first-order chi connectivity index (χ1) is 12.4. The smallest absolute Gasteiger partial charge is 0.326 e. The Labute approximate surface area is 161 Å². The summed E-state index contributed by atoms with van der Waals surface area (Å²) in [5, 5.41) is 0. The molecule has 0 bridgehead atoms. The van der Waals surface area contributed by atoms with E-state index in [0.717, 1.165) is 0 Å². The van der Waals surface area contributed by atoms with E-state index in [1.54, 1.807) is 24.1 Å². The van der Waals surface area contributed by atoms with Crippen LogP contribution in [0.15, 0.2) is 36.4 Å². The van der Waals surface area contributed by atoms with E-state index in [2.05, 4.69) is 0 Å². The van der Waals surface area contributed by atoms with Crippen molar-refractivity contribution >= 4 is 50.4 Å². The largest absolute Gasteiger partial charge is 0.338 e. The molecule has 0 radical (unpaired) electrons. The number of hydrogen-bond donors (Lipinski definition) is 0. The molecule has 1 fully saturated rings. The fourth-order valence-corrected chi connectivity index (χ4v) is 6.24. The van der Waals surface area contributed by atoms with Crippen LogP contribution in [-0.2, 0) is 10.2 Å². The van der Waals surface area contributed by atoms with Crippen molar-refractivity contribution in [3.05, 3.63) is 45.6 Å². The molecule has 2 aromatic rings. The number of likely N-dealkylation sites (tertiary alicyclic amines) is 1. The fraction of sp³-hybridized carbons (Fsp3) is 0.353. The highest BCUT2D eigenvalue weighted by Gasteiger charge is 2.43. The average Bonchev–Trinajstić information content (AvgIpc) is 3.15. The van der Waals surface area contributed by atoms with Gasteiger partial charge in [0, 0.05) is 20.1 Å². The second-order valence-corrected chi connectivity index (χ2v) is 9.94. The van der Waals surface area contributed by atoms with Crippen molar-refractivity contribution in [2.75, 3.05) is 28.7 Å². The van der Waals surface area contributed by atoms with Gasteiger partial charge >= 0.3 is 10.2 Å². The topological polar surface area (TPSA) is 60.9 Å². The Hall–Kier alpha value is -1.77. The van der Waals surface area contributed by atoms with E-state index < -0.39 is 10.2 Å². The monoisotopic (exact) mass is 411 g/mol. The van der Waals surface area contributed by atoms with Gasteiger partial charge in [0.25, 0.3) is 5.91 Å². The number of nitrogens with zero attached hydrogens (tertiary/aromatic N) is 3. The molecule has 6 nitrogen and oxygen atoms in total. The lowest BCUT2D eigenvalue weighted by atomic mass is 10.0. The van der Waals surface area contributed by atoms with Crippen LogP contribution < -0.4 is 8.61 Å². The van der Waals surface area contributed by atoms with Crippen molar-refractivity contribution in [2.24, 2.45) is 0 Å². The van der Waals surface area contributed by atoms with Gasteiger partial charge < -0.3 is 4.90 Å². The summed E-state index contributed by atoms with van der Waals surface area (Å²) in [6.07, 6.45) is 1.21. The van der Waals surface area contributed by atoms with Gasteiger partial charge in [0.1, 0.15) is 0 Å². The summed E-state index contributed by atoms with van der Waals surface area (Å²) in [4.78, 5) is 14.9. The molecule has 0 aliphatic carbocycles. The van der Waals surface area contributed by atoms with Gasteiger partial charge in [-0.3, -0.25) is 9.10 Å². The number of hydrogen-bond acceptors (Lipinski definition) is 4. The van der Waals surface area contributed by atoms with Crippen LogP contribution in [0.5, 0.6) is 0 Å². The maximum atomic E-state index is 12.8. The minimum atomic E-state index is -3.56. The lowest BCUT2D eigenvalue weighted by Crippen LogP contribution is -2.49. The molecule has 0 atom stereocenters. The van der Waals surface area contributed by atoms with Gasteiger partial charge in [-0.1, -0.05) is 23.7 Å². The van der Waals surface area contributed by atoms with Gasteiger partial charge in [0.15, 0.2) is 0 Å². The maximum absolute atomic E-state index is 12.8. The van der Waals surface area contributed by atoms with E-state index >= 15 is 0 Å². The summed E-state index contributed by atoms with van der Waals surface area (Å²) in [7, 11) is -1.99. The van der Waals surface area contributed by atoms with E-state index in [4.69, 9.17) is 11.6 Å². The maximum Gasteiger partial charge on any atom is 0.326 e. The third-order valence-electron chi connectivity index (χ3n) is 4.92. The number of benzene rings is 1. The van der Waals surface area contributed by atoms with E-state index in [9.17, 15) is 13.2 Å². The quantitative estimate of drug-likeness (QED) is 0.762. The molecular formula is C17H18ClN3O3S2. The van der Waals surface area contributed by atoms with Gasteiger partial charge in [-0.05, 0) is 37.1 Å². The van der Waals surface area contributed by atoms with Crippen molar-refractivity contribution < 1.29 is 13.2 Å². The molecule has 1 aromatic carbocycles. The Morgan fingerprint density at radius 3 is 2.38 bits per heavy atom. The van der Waals surface area contributed by atoms with Crippen molar-refractivity contribution in [3.8, 4) is 0 Å². The van der Waals surface area contributed by atoms with Crippen LogP contribution in [0.25, 0.3) is 0 Å². The van der Waals surface area contributed by atoms with Crippen LogP contribution in [0.2, 0.25) is 4.34 Å². The number of carbonyl (C=O) groups excluding carboxylic acids is 1. The van der Waals surface area contributed by atoms with E-state index in [-0.39, 0.29) is 11.9 Å². The number of carbonyl (C=O) groups is 1. The number of amides is 1. The van der Waals surface area contributed by atoms with Crippen LogP contribution in [0.4, 0.5) is 11.4 Å². The molecule has 2 aliphatic heterocycles. The molecule has 3 heterocycles. The number of para-hydroxylation sites is 2. The van der Waals surface area contributed by atoms with Gasteiger partial charge in [0.05, 0.1) is 26.6 Å². The predicted molar refractivity (Wildman–Crippen MR) is 104 cm³/mol. The highest BCUT2D eigenvalue weighted by molar-refractivity contribution is 7.94. The van der Waals surface area contributed by atoms with Gasteiger partial charge in [-0.15, -0.1) is 11.3 Å². The molecule has 9 heteroatoms. The first kappa shape index (κ1) is 17.6. The molecule has 138 valence electrons. The highest BCUT2D eigenvalue weighted by Crippen LogP contribution is 2.42. The third-order valence-corrected chi connectivity index (χ3v) is 8.02. The second-order valence-electron chi connectivity index (χ2n) is 6.39. The Morgan fingerprint density at radius 1 is 1.12 bits per heavy atom. The molecule has 26 heavy (non-hydrogen) atoms. The summed E-state index contributed by atoms with van der Waals surface area (Å²) in [6.45, 7) is 1.05. The first-order valence-electron chi connectivity index (χ1n) is 8.31. The number of rotatable bonds is 2. The summed E-state index contributed by atoms with van der Waals surface area (Å²) in [6, 6.07) is 10.6. The second kappa shape index (κ2) is 6.44. The zero-order chi connectivity index (χ0) is 18.5. The SMILES string of the molecule is CN1c2ccccc2N(C2CCN(C(=O)c3ccc(Cl)s3)CC2)S1(=O)=O. The number of anilines is 2. The van der Waals surface area contributed by atoms with Crippen molar-refractivity contribution in [3.63, 3.8) is 0 Å². The molecule has 0 unspecified atom stereocenters. The number of piperidine rings is 1. The Bertz CT molecular complexity index is 952. The molecule has 0 saturated carbocycles. The zero-order valence-electron chi connectivity index (χ0n) is 14.1. The Kier molecular flexibility index (Phi) is 4.37. The van der Waals surface area contributed by atoms with Crippen molar-refractivity contribution in [1.82, 2.24) is 4.90 Å². The number of fused-ring (bicyclic) bond motifs is 1. The van der Waals surface area contributed by atoms with E-state index in [1.165, 1.54) is 19.9 Å². The van der Waals surface area contributed by atoms with Crippen molar-refractivity contribution in [2.45, 2.75) is 18.9 Å². The Balaban J connectivity index is 1.52. The summed E-state index contributed by atoms with van der Waals surface area (Å²) < 4.78 is 29.1. The van der Waals surface area contributed by atoms with Crippen LogP contribution in [-0.4, -0.2) is 45.4 Å². The fourth-order valence-electron chi connectivity index (χ4n) is 3.57. The minimum Gasteiger partial charge on any atom is -0.338 e. The summed E-state index contributed by atoms with van der Waals surface area (Å²) >= 11 is 7.18. The normalized spacial score (nSPS) is 19.7. The summed E-state index contributed by atoms with van der Waals surface area (Å²) in [5.41, 5.74) is 1.41. The van der Waals surface area contributed by atoms with Gasteiger partial charge in [-0.25, -0.2) is 4.31 Å². The molecule has 4 rings (SSSR count). The first-order valence-corrected chi connectivity index (χ1v) is 10.9. The average molecular weight is 412 g/mol.